The molecule has 1 amide bonds. The fraction of sp³-hybridized carbons (Fsp3) is 0.562. The number of nitrogens with two attached hydrogens (primary N) is 1. The van der Waals surface area contributed by atoms with Gasteiger partial charge in [-0.2, -0.15) is 0 Å². The third kappa shape index (κ3) is 4.67. The molecule has 19 heavy (non-hydrogen) atoms. The van der Waals surface area contributed by atoms with Gasteiger partial charge in [-0.1, -0.05) is 26.0 Å². The molecular weight excluding hydrogens is 236 g/mol. The highest BCUT2D eigenvalue weighted by Crippen LogP contribution is 2.22. The summed E-state index contributed by atoms with van der Waals surface area (Å²) >= 11 is 0. The molecule has 0 saturated heterocycles. The van der Waals surface area contributed by atoms with Crippen LogP contribution in [0.5, 0.6) is 0 Å². The third-order valence-electron chi connectivity index (χ3n) is 3.44. The molecule has 3 nitrogen and oxygen atoms in total. The molecule has 0 aromatic heterocycles. The Morgan fingerprint density at radius 1 is 1.32 bits per heavy atom. The molecule has 0 aliphatic carbocycles. The number of hydrogen-bond acceptors (Lipinski definition) is 2. The van der Waals surface area contributed by atoms with Crippen LogP contribution in [-0.4, -0.2) is 18.5 Å². The van der Waals surface area contributed by atoms with Gasteiger partial charge in [-0.15, -0.1) is 0 Å². The van der Waals surface area contributed by atoms with Crippen molar-refractivity contribution >= 4 is 11.6 Å². The second-order valence-corrected chi connectivity index (χ2v) is 6.02. The lowest BCUT2D eigenvalue weighted by Crippen LogP contribution is -2.39. The number of anilines is 1. The molecule has 106 valence electrons. The largest absolute Gasteiger partial charge is 0.325 e. The topological polar surface area (TPSA) is 46.3 Å². The summed E-state index contributed by atoms with van der Waals surface area (Å²) in [6.45, 7) is 8.12. The van der Waals surface area contributed by atoms with Crippen molar-refractivity contribution in [2.75, 3.05) is 11.9 Å². The fourth-order valence-electron chi connectivity index (χ4n) is 1.91. The lowest BCUT2D eigenvalue weighted by Gasteiger charge is -2.23. The van der Waals surface area contributed by atoms with Crippen LogP contribution in [0.2, 0.25) is 0 Å². The molecule has 1 aromatic carbocycles. The van der Waals surface area contributed by atoms with E-state index >= 15 is 0 Å². The summed E-state index contributed by atoms with van der Waals surface area (Å²) in [5, 5.41) is 0. The SMILES string of the molecule is CCC(C)c1ccc(N(C)C(=O)CC(C)(C)N)cc1. The minimum absolute atomic E-state index is 0.0452. The van der Waals surface area contributed by atoms with E-state index in [1.54, 1.807) is 11.9 Å². The number of nitrogens with zero attached hydrogens (tertiary/aromatic N) is 1. The number of hydrogen-bond donors (Lipinski definition) is 1. The van der Waals surface area contributed by atoms with Crippen molar-refractivity contribution in [3.05, 3.63) is 29.8 Å². The standard InChI is InChI=1S/C16H26N2O/c1-6-12(2)13-7-9-14(10-8-13)18(5)15(19)11-16(3,4)17/h7-10,12H,6,11,17H2,1-5H3. The molecule has 0 aliphatic heterocycles. The maximum Gasteiger partial charge on any atom is 0.228 e. The first-order valence-corrected chi connectivity index (χ1v) is 6.90. The highest BCUT2D eigenvalue weighted by atomic mass is 16.2. The van der Waals surface area contributed by atoms with E-state index in [1.807, 2.05) is 26.0 Å². The zero-order chi connectivity index (χ0) is 14.6. The van der Waals surface area contributed by atoms with Crippen molar-refractivity contribution < 1.29 is 4.79 Å². The summed E-state index contributed by atoms with van der Waals surface area (Å²) in [4.78, 5) is 13.8. The van der Waals surface area contributed by atoms with E-state index in [0.29, 0.717) is 12.3 Å². The number of carbonyl (C=O) groups is 1. The van der Waals surface area contributed by atoms with E-state index in [4.69, 9.17) is 5.73 Å². The third-order valence-corrected chi connectivity index (χ3v) is 3.44. The average Bonchev–Trinajstić information content (AvgIpc) is 2.35. The van der Waals surface area contributed by atoms with Crippen molar-refractivity contribution in [2.24, 2.45) is 5.73 Å². The first-order valence-electron chi connectivity index (χ1n) is 6.90. The van der Waals surface area contributed by atoms with Gasteiger partial charge in [0.05, 0.1) is 0 Å². The minimum atomic E-state index is -0.470. The Morgan fingerprint density at radius 3 is 2.26 bits per heavy atom. The Bertz CT molecular complexity index is 417. The maximum atomic E-state index is 12.1. The lowest BCUT2D eigenvalue weighted by atomic mass is 9.98. The Kier molecular flexibility index (Phi) is 5.12. The molecule has 1 unspecified atom stereocenters. The number of carbonyl (C=O) groups excluding carboxylic acids is 1. The lowest BCUT2D eigenvalue weighted by molar-refractivity contribution is -0.119. The molecule has 0 heterocycles. The quantitative estimate of drug-likeness (QED) is 0.885. The van der Waals surface area contributed by atoms with Crippen LogP contribution < -0.4 is 10.6 Å². The van der Waals surface area contributed by atoms with Crippen molar-refractivity contribution in [2.45, 2.75) is 52.0 Å². The summed E-state index contributed by atoms with van der Waals surface area (Å²) in [6, 6.07) is 8.20. The monoisotopic (exact) mass is 262 g/mol. The van der Waals surface area contributed by atoms with Gasteiger partial charge >= 0.3 is 0 Å². The van der Waals surface area contributed by atoms with Crippen molar-refractivity contribution in [3.8, 4) is 0 Å². The van der Waals surface area contributed by atoms with Crippen molar-refractivity contribution in [1.29, 1.82) is 0 Å². The Morgan fingerprint density at radius 2 is 1.84 bits per heavy atom. The van der Waals surface area contributed by atoms with Gasteiger partial charge in [0.25, 0.3) is 0 Å². The van der Waals surface area contributed by atoms with Gasteiger partial charge in [-0.25, -0.2) is 0 Å². The molecule has 0 saturated carbocycles. The average molecular weight is 262 g/mol. The number of rotatable bonds is 5. The molecular formula is C16H26N2O. The van der Waals surface area contributed by atoms with Gasteiger partial charge in [0, 0.05) is 24.7 Å². The van der Waals surface area contributed by atoms with Crippen LogP contribution in [0.15, 0.2) is 24.3 Å². The normalized spacial score (nSPS) is 13.2. The Balaban J connectivity index is 2.78. The van der Waals surface area contributed by atoms with Crippen LogP contribution in [0.25, 0.3) is 0 Å². The predicted octanol–water partition coefficient (Wildman–Crippen LogP) is 3.29. The van der Waals surface area contributed by atoms with E-state index in [-0.39, 0.29) is 5.91 Å². The predicted molar refractivity (Wildman–Crippen MR) is 81.4 cm³/mol. The van der Waals surface area contributed by atoms with E-state index in [1.165, 1.54) is 5.56 Å². The molecule has 0 spiro atoms. The molecule has 0 aliphatic rings. The van der Waals surface area contributed by atoms with Crippen molar-refractivity contribution in [1.82, 2.24) is 0 Å². The molecule has 1 aromatic rings. The first kappa shape index (κ1) is 15.7. The summed E-state index contributed by atoms with van der Waals surface area (Å²) in [5.74, 6) is 0.599. The summed E-state index contributed by atoms with van der Waals surface area (Å²) < 4.78 is 0. The first-order chi connectivity index (χ1) is 8.74. The number of amides is 1. The van der Waals surface area contributed by atoms with Crippen LogP contribution in [0.4, 0.5) is 5.69 Å². The molecule has 0 fully saturated rings. The zero-order valence-corrected chi connectivity index (χ0v) is 12.7. The van der Waals surface area contributed by atoms with Gasteiger partial charge in [0.15, 0.2) is 0 Å². The highest BCUT2D eigenvalue weighted by molar-refractivity contribution is 5.93. The van der Waals surface area contributed by atoms with Gasteiger partial charge in [-0.3, -0.25) is 4.79 Å². The van der Waals surface area contributed by atoms with Gasteiger partial charge < -0.3 is 10.6 Å². The second-order valence-electron chi connectivity index (χ2n) is 6.02. The fourth-order valence-corrected chi connectivity index (χ4v) is 1.91. The molecule has 2 N–H and O–H groups in total. The Labute approximate surface area is 116 Å². The van der Waals surface area contributed by atoms with Gasteiger partial charge in [0.2, 0.25) is 5.91 Å². The summed E-state index contributed by atoms with van der Waals surface area (Å²) in [7, 11) is 1.80. The van der Waals surface area contributed by atoms with Gasteiger partial charge in [0.1, 0.15) is 0 Å². The van der Waals surface area contributed by atoms with E-state index in [9.17, 15) is 4.79 Å². The molecule has 0 radical (unpaired) electrons. The molecule has 1 atom stereocenters. The summed E-state index contributed by atoms with van der Waals surface area (Å²) in [5.41, 5.74) is 7.65. The minimum Gasteiger partial charge on any atom is -0.325 e. The van der Waals surface area contributed by atoms with E-state index in [2.05, 4.69) is 26.0 Å². The zero-order valence-electron chi connectivity index (χ0n) is 12.7. The Hall–Kier alpha value is -1.35. The van der Waals surface area contributed by atoms with E-state index in [0.717, 1.165) is 12.1 Å². The molecule has 0 bridgehead atoms. The smallest absolute Gasteiger partial charge is 0.228 e. The van der Waals surface area contributed by atoms with Crippen LogP contribution in [0.3, 0.4) is 0 Å². The maximum absolute atomic E-state index is 12.1. The van der Waals surface area contributed by atoms with E-state index < -0.39 is 5.54 Å². The van der Waals surface area contributed by atoms with Crippen LogP contribution in [-0.2, 0) is 4.79 Å². The molecule has 3 heteroatoms. The van der Waals surface area contributed by atoms with Gasteiger partial charge in [-0.05, 0) is 43.9 Å². The van der Waals surface area contributed by atoms with Crippen LogP contribution in [0, 0.1) is 0 Å². The second kappa shape index (κ2) is 6.20. The molecule has 1 rings (SSSR count). The van der Waals surface area contributed by atoms with Crippen molar-refractivity contribution in [3.63, 3.8) is 0 Å². The van der Waals surface area contributed by atoms with Crippen LogP contribution >= 0.6 is 0 Å². The highest BCUT2D eigenvalue weighted by Gasteiger charge is 2.20. The summed E-state index contributed by atoms with van der Waals surface area (Å²) in [6.07, 6.45) is 1.46. The van der Waals surface area contributed by atoms with Crippen LogP contribution in [0.1, 0.15) is 52.0 Å². The number of benzene rings is 1.